The van der Waals surface area contributed by atoms with Crippen molar-refractivity contribution in [1.82, 2.24) is 14.5 Å². The lowest BCUT2D eigenvalue weighted by Gasteiger charge is -2.10. The summed E-state index contributed by atoms with van der Waals surface area (Å²) in [5.41, 5.74) is 4.07. The Hall–Kier alpha value is -3.80. The molecule has 1 unspecified atom stereocenters. The highest BCUT2D eigenvalue weighted by Crippen LogP contribution is 2.57. The second-order valence-corrected chi connectivity index (χ2v) is 7.81. The zero-order chi connectivity index (χ0) is 20.4. The van der Waals surface area contributed by atoms with Crippen LogP contribution in [-0.2, 0) is 0 Å². The predicted octanol–water partition coefficient (Wildman–Crippen LogP) is 4.65. The minimum atomic E-state index is 0.126. The standard InChI is InChI=1S/C24H19N3O3/c1-30-18-9-6-16-12-25-22(26-19(16)11-18)13-4-7-17(8-5-13)27-23(28)20-14-2-3-15(10-14)21(20)24(27)29/h2-9,11-12,14-15,28-29H,10H2,1H3/t14-,15?/m1/s1. The lowest BCUT2D eigenvalue weighted by atomic mass is 10.0. The van der Waals surface area contributed by atoms with Crippen LogP contribution in [0, 0.1) is 0 Å². The summed E-state index contributed by atoms with van der Waals surface area (Å²) in [4.78, 5) is 9.13. The Labute approximate surface area is 172 Å². The predicted molar refractivity (Wildman–Crippen MR) is 113 cm³/mol. The van der Waals surface area contributed by atoms with E-state index in [9.17, 15) is 10.2 Å². The van der Waals surface area contributed by atoms with Crippen LogP contribution >= 0.6 is 0 Å². The normalized spacial score (nSPS) is 18.8. The molecule has 2 heterocycles. The van der Waals surface area contributed by atoms with E-state index in [0.717, 1.165) is 39.8 Å². The van der Waals surface area contributed by atoms with Crippen molar-refractivity contribution in [3.05, 3.63) is 71.9 Å². The summed E-state index contributed by atoms with van der Waals surface area (Å²) >= 11 is 0. The molecule has 2 aromatic carbocycles. The zero-order valence-electron chi connectivity index (χ0n) is 16.3. The average molecular weight is 397 g/mol. The first-order valence-corrected chi connectivity index (χ1v) is 9.90. The van der Waals surface area contributed by atoms with Crippen LogP contribution in [0.4, 0.5) is 0 Å². The van der Waals surface area contributed by atoms with Crippen molar-refractivity contribution in [1.29, 1.82) is 0 Å². The Balaban J connectivity index is 1.39. The molecule has 0 aliphatic heterocycles. The molecule has 6 nitrogen and oxygen atoms in total. The van der Waals surface area contributed by atoms with Crippen molar-refractivity contribution >= 4 is 10.9 Å². The van der Waals surface area contributed by atoms with Crippen molar-refractivity contribution in [2.75, 3.05) is 7.11 Å². The Morgan fingerprint density at radius 2 is 1.67 bits per heavy atom. The number of hydrogen-bond donors (Lipinski definition) is 2. The number of ether oxygens (including phenoxy) is 1. The number of hydrogen-bond acceptors (Lipinski definition) is 5. The van der Waals surface area contributed by atoms with Gasteiger partial charge in [-0.3, -0.25) is 4.57 Å². The van der Waals surface area contributed by atoms with Gasteiger partial charge < -0.3 is 14.9 Å². The maximum Gasteiger partial charge on any atom is 0.202 e. The molecule has 0 fully saturated rings. The van der Waals surface area contributed by atoms with Crippen LogP contribution < -0.4 is 4.74 Å². The first-order chi connectivity index (χ1) is 14.6. The molecule has 2 aromatic heterocycles. The number of nitrogens with zero attached hydrogens (tertiary/aromatic N) is 3. The summed E-state index contributed by atoms with van der Waals surface area (Å²) in [6.45, 7) is 0. The summed E-state index contributed by atoms with van der Waals surface area (Å²) in [5.74, 6) is 1.99. The van der Waals surface area contributed by atoms with E-state index in [1.54, 1.807) is 13.3 Å². The quantitative estimate of drug-likeness (QED) is 0.492. The maximum absolute atomic E-state index is 10.8. The fraction of sp³-hybridized carbons (Fsp3) is 0.167. The molecule has 6 rings (SSSR count). The first kappa shape index (κ1) is 17.1. The minimum absolute atomic E-state index is 0.126. The van der Waals surface area contributed by atoms with Gasteiger partial charge in [0, 0.05) is 46.2 Å². The monoisotopic (exact) mass is 397 g/mol. The molecule has 0 spiro atoms. The van der Waals surface area contributed by atoms with Crippen LogP contribution in [0.3, 0.4) is 0 Å². The van der Waals surface area contributed by atoms with Crippen LogP contribution in [-0.4, -0.2) is 31.9 Å². The van der Waals surface area contributed by atoms with Gasteiger partial charge in [-0.25, -0.2) is 9.97 Å². The second-order valence-electron chi connectivity index (χ2n) is 7.81. The fourth-order valence-electron chi connectivity index (χ4n) is 4.71. The lowest BCUT2D eigenvalue weighted by Crippen LogP contribution is -1.96. The zero-order valence-corrected chi connectivity index (χ0v) is 16.3. The second kappa shape index (κ2) is 6.10. The lowest BCUT2D eigenvalue weighted by molar-refractivity contribution is 0.395. The molecule has 6 heteroatoms. The Bertz CT molecular complexity index is 1300. The molecule has 0 amide bonds. The smallest absolute Gasteiger partial charge is 0.202 e. The molecule has 148 valence electrons. The number of rotatable bonds is 3. The van der Waals surface area contributed by atoms with Crippen LogP contribution in [0.1, 0.15) is 29.4 Å². The highest BCUT2D eigenvalue weighted by molar-refractivity contribution is 5.81. The van der Waals surface area contributed by atoms with Crippen molar-refractivity contribution in [3.63, 3.8) is 0 Å². The molecule has 4 aromatic rings. The van der Waals surface area contributed by atoms with Crippen LogP contribution in [0.5, 0.6) is 17.5 Å². The number of aromatic nitrogens is 3. The summed E-state index contributed by atoms with van der Waals surface area (Å²) in [6, 6.07) is 13.2. The summed E-state index contributed by atoms with van der Waals surface area (Å²) in [5, 5.41) is 22.5. The fourth-order valence-corrected chi connectivity index (χ4v) is 4.71. The van der Waals surface area contributed by atoms with Crippen LogP contribution in [0.2, 0.25) is 0 Å². The number of aromatic hydroxyl groups is 2. The molecule has 0 saturated heterocycles. The molecule has 0 saturated carbocycles. The highest BCUT2D eigenvalue weighted by atomic mass is 16.5. The Morgan fingerprint density at radius 3 is 2.33 bits per heavy atom. The first-order valence-electron chi connectivity index (χ1n) is 9.90. The topological polar surface area (TPSA) is 80.4 Å². The SMILES string of the molecule is COc1ccc2cnc(-c3ccc(-n4c(O)c5c(c4O)[C@@H]4C=CC5C4)cc3)nc2c1. The molecule has 2 atom stereocenters. The van der Waals surface area contributed by atoms with Gasteiger partial charge in [-0.15, -0.1) is 0 Å². The van der Waals surface area contributed by atoms with Gasteiger partial charge in [0.1, 0.15) is 5.75 Å². The van der Waals surface area contributed by atoms with E-state index in [0.29, 0.717) is 11.5 Å². The number of methoxy groups -OCH3 is 1. The Morgan fingerprint density at radius 1 is 0.967 bits per heavy atom. The maximum atomic E-state index is 10.8. The van der Waals surface area contributed by atoms with E-state index in [1.165, 1.54) is 4.57 Å². The molecular weight excluding hydrogens is 378 g/mol. The van der Waals surface area contributed by atoms with E-state index < -0.39 is 0 Å². The van der Waals surface area contributed by atoms with Gasteiger partial charge >= 0.3 is 0 Å². The van der Waals surface area contributed by atoms with Gasteiger partial charge in [0.2, 0.25) is 11.8 Å². The van der Waals surface area contributed by atoms with E-state index in [4.69, 9.17) is 4.74 Å². The summed E-state index contributed by atoms with van der Waals surface area (Å²) in [6.07, 6.45) is 6.97. The summed E-state index contributed by atoms with van der Waals surface area (Å²) in [7, 11) is 1.63. The third-order valence-electron chi connectivity index (χ3n) is 6.19. The van der Waals surface area contributed by atoms with Crippen molar-refractivity contribution in [3.8, 4) is 34.6 Å². The average Bonchev–Trinajstić information content (AvgIpc) is 3.47. The van der Waals surface area contributed by atoms with E-state index in [-0.39, 0.29) is 23.6 Å². The van der Waals surface area contributed by atoms with Gasteiger partial charge in [0.15, 0.2) is 5.82 Å². The third-order valence-corrected chi connectivity index (χ3v) is 6.19. The van der Waals surface area contributed by atoms with Gasteiger partial charge in [-0.05, 0) is 42.8 Å². The molecule has 2 N–H and O–H groups in total. The number of benzene rings is 2. The number of allylic oxidation sites excluding steroid dienone is 2. The van der Waals surface area contributed by atoms with Gasteiger partial charge in [-0.1, -0.05) is 12.2 Å². The van der Waals surface area contributed by atoms with E-state index in [2.05, 4.69) is 22.1 Å². The molecule has 30 heavy (non-hydrogen) atoms. The van der Waals surface area contributed by atoms with Gasteiger partial charge in [-0.2, -0.15) is 0 Å². The van der Waals surface area contributed by atoms with E-state index in [1.807, 2.05) is 42.5 Å². The van der Waals surface area contributed by atoms with Crippen molar-refractivity contribution in [2.45, 2.75) is 18.3 Å². The molecular formula is C24H19N3O3. The third kappa shape index (κ3) is 2.30. The van der Waals surface area contributed by atoms with Crippen LogP contribution in [0.15, 0.2) is 60.8 Å². The molecule has 2 bridgehead atoms. The molecule has 0 radical (unpaired) electrons. The van der Waals surface area contributed by atoms with Gasteiger partial charge in [0.05, 0.1) is 18.3 Å². The highest BCUT2D eigenvalue weighted by Gasteiger charge is 2.41. The Kier molecular flexibility index (Phi) is 3.47. The number of fused-ring (bicyclic) bond motifs is 6. The van der Waals surface area contributed by atoms with Crippen molar-refractivity contribution in [2.24, 2.45) is 0 Å². The van der Waals surface area contributed by atoms with E-state index >= 15 is 0 Å². The molecule has 2 aliphatic rings. The van der Waals surface area contributed by atoms with Crippen molar-refractivity contribution < 1.29 is 14.9 Å². The minimum Gasteiger partial charge on any atom is -0.497 e. The van der Waals surface area contributed by atoms with Crippen LogP contribution in [0.25, 0.3) is 28.0 Å². The summed E-state index contributed by atoms with van der Waals surface area (Å²) < 4.78 is 6.81. The molecule has 2 aliphatic carbocycles. The largest absolute Gasteiger partial charge is 0.497 e. The van der Waals surface area contributed by atoms with Gasteiger partial charge in [0.25, 0.3) is 0 Å².